The molecule has 1 saturated carbocycles. The van der Waals surface area contributed by atoms with Gasteiger partial charge in [-0.1, -0.05) is 27.7 Å². The third-order valence-electron chi connectivity index (χ3n) is 5.68. The Morgan fingerprint density at radius 3 is 2.50 bits per heavy atom. The molecule has 2 rings (SSSR count). The zero-order valence-corrected chi connectivity index (χ0v) is 14.1. The Morgan fingerprint density at radius 2 is 1.95 bits per heavy atom. The number of methoxy groups -OCH3 is 1. The van der Waals surface area contributed by atoms with Gasteiger partial charge in [-0.15, -0.1) is 0 Å². The first-order valence-corrected chi connectivity index (χ1v) is 8.30. The number of ether oxygens (including phenoxy) is 1. The quantitative estimate of drug-likeness (QED) is 0.865. The van der Waals surface area contributed by atoms with Gasteiger partial charge in [-0.2, -0.15) is 0 Å². The fourth-order valence-corrected chi connectivity index (χ4v) is 5.00. The van der Waals surface area contributed by atoms with Crippen LogP contribution < -0.4 is 5.73 Å². The van der Waals surface area contributed by atoms with Crippen LogP contribution in [-0.4, -0.2) is 43.3 Å². The lowest BCUT2D eigenvalue weighted by atomic mass is 9.63. The normalized spacial score (nSPS) is 42.6. The van der Waals surface area contributed by atoms with Gasteiger partial charge in [0.15, 0.2) is 0 Å². The second-order valence-corrected chi connectivity index (χ2v) is 8.27. The van der Waals surface area contributed by atoms with Crippen molar-refractivity contribution in [2.45, 2.75) is 65.0 Å². The molecule has 0 aromatic carbocycles. The fourth-order valence-electron chi connectivity index (χ4n) is 5.00. The number of hydrogen-bond donors (Lipinski definition) is 1. The molecule has 2 aliphatic rings. The van der Waals surface area contributed by atoms with Crippen molar-refractivity contribution in [2.24, 2.45) is 23.0 Å². The molecular weight excluding hydrogens is 248 g/mol. The number of piperidine rings is 1. The molecule has 1 saturated heterocycles. The van der Waals surface area contributed by atoms with E-state index in [0.29, 0.717) is 17.4 Å². The Hall–Kier alpha value is -0.120. The van der Waals surface area contributed by atoms with E-state index in [9.17, 15) is 0 Å². The first kappa shape index (κ1) is 16.3. The van der Waals surface area contributed by atoms with Crippen LogP contribution in [-0.2, 0) is 4.74 Å². The summed E-state index contributed by atoms with van der Waals surface area (Å²) in [5.41, 5.74) is 6.89. The highest BCUT2D eigenvalue weighted by molar-refractivity contribution is 5.03. The molecule has 3 nitrogen and oxygen atoms in total. The minimum atomic E-state index is 0.193. The van der Waals surface area contributed by atoms with Crippen LogP contribution in [0.3, 0.4) is 0 Å². The van der Waals surface area contributed by atoms with E-state index in [2.05, 4.69) is 32.6 Å². The highest BCUT2D eigenvalue weighted by atomic mass is 16.5. The van der Waals surface area contributed by atoms with Crippen molar-refractivity contribution in [3.05, 3.63) is 0 Å². The molecule has 1 aliphatic heterocycles. The van der Waals surface area contributed by atoms with E-state index in [1.807, 2.05) is 7.11 Å². The molecule has 0 aromatic rings. The minimum Gasteiger partial charge on any atom is -0.380 e. The van der Waals surface area contributed by atoms with Gasteiger partial charge in [-0.3, -0.25) is 4.90 Å². The van der Waals surface area contributed by atoms with E-state index in [-0.39, 0.29) is 5.54 Å². The zero-order chi connectivity index (χ0) is 15.0. The van der Waals surface area contributed by atoms with Crippen molar-refractivity contribution in [3.8, 4) is 0 Å². The zero-order valence-electron chi connectivity index (χ0n) is 14.1. The van der Waals surface area contributed by atoms with Gasteiger partial charge in [0.05, 0.1) is 6.10 Å². The standard InChI is InChI=1S/C17H34N2O/c1-13-8-16(3,4)11-17(9-13,12-18)19-7-6-14(2)15(10-19)20-5/h13-15H,6-12,18H2,1-5H3. The Morgan fingerprint density at radius 1 is 1.25 bits per heavy atom. The Balaban J connectivity index is 2.18. The van der Waals surface area contributed by atoms with E-state index >= 15 is 0 Å². The van der Waals surface area contributed by atoms with Crippen LogP contribution in [0, 0.1) is 17.3 Å². The maximum Gasteiger partial charge on any atom is 0.0724 e. The summed E-state index contributed by atoms with van der Waals surface area (Å²) in [4.78, 5) is 2.67. The van der Waals surface area contributed by atoms with Crippen molar-refractivity contribution < 1.29 is 4.74 Å². The molecule has 0 aromatic heterocycles. The molecule has 118 valence electrons. The van der Waals surface area contributed by atoms with Gasteiger partial charge in [-0.05, 0) is 49.5 Å². The molecule has 1 heterocycles. The minimum absolute atomic E-state index is 0.193. The highest BCUT2D eigenvalue weighted by Gasteiger charge is 2.47. The van der Waals surface area contributed by atoms with Gasteiger partial charge in [-0.25, -0.2) is 0 Å². The first-order chi connectivity index (χ1) is 9.32. The molecule has 0 amide bonds. The first-order valence-electron chi connectivity index (χ1n) is 8.30. The van der Waals surface area contributed by atoms with E-state index in [1.165, 1.54) is 32.2 Å². The molecule has 0 bridgehead atoms. The van der Waals surface area contributed by atoms with Crippen molar-refractivity contribution >= 4 is 0 Å². The Kier molecular flexibility index (Phi) is 4.83. The largest absolute Gasteiger partial charge is 0.380 e. The summed E-state index contributed by atoms with van der Waals surface area (Å²) in [7, 11) is 1.85. The van der Waals surface area contributed by atoms with Crippen LogP contribution in [0.2, 0.25) is 0 Å². The van der Waals surface area contributed by atoms with Crippen molar-refractivity contribution in [1.82, 2.24) is 4.90 Å². The molecule has 4 atom stereocenters. The summed E-state index contributed by atoms with van der Waals surface area (Å²) in [6.45, 7) is 12.5. The van der Waals surface area contributed by atoms with Crippen LogP contribution in [0.4, 0.5) is 0 Å². The SMILES string of the molecule is COC1CN(C2(CN)CC(C)CC(C)(C)C2)CCC1C. The summed E-state index contributed by atoms with van der Waals surface area (Å²) in [5, 5.41) is 0. The van der Waals surface area contributed by atoms with E-state index in [4.69, 9.17) is 10.5 Å². The van der Waals surface area contributed by atoms with Gasteiger partial charge in [0.2, 0.25) is 0 Å². The Labute approximate surface area is 125 Å². The molecule has 3 heteroatoms. The van der Waals surface area contributed by atoms with Crippen LogP contribution in [0.5, 0.6) is 0 Å². The summed E-state index contributed by atoms with van der Waals surface area (Å²) in [6, 6.07) is 0. The third-order valence-corrected chi connectivity index (χ3v) is 5.68. The average molecular weight is 282 g/mol. The molecule has 2 fully saturated rings. The molecule has 0 radical (unpaired) electrons. The van der Waals surface area contributed by atoms with Crippen LogP contribution in [0.25, 0.3) is 0 Å². The summed E-state index contributed by atoms with van der Waals surface area (Å²) in [6.07, 6.45) is 5.40. The number of nitrogens with two attached hydrogens (primary N) is 1. The van der Waals surface area contributed by atoms with E-state index in [0.717, 1.165) is 19.0 Å². The van der Waals surface area contributed by atoms with Crippen LogP contribution in [0.1, 0.15) is 53.4 Å². The second kappa shape index (κ2) is 5.94. The van der Waals surface area contributed by atoms with Gasteiger partial charge < -0.3 is 10.5 Å². The van der Waals surface area contributed by atoms with Gasteiger partial charge in [0.1, 0.15) is 0 Å². The third kappa shape index (κ3) is 3.20. The van der Waals surface area contributed by atoms with Crippen molar-refractivity contribution in [1.29, 1.82) is 0 Å². The lowest BCUT2D eigenvalue weighted by molar-refractivity contribution is -0.0777. The van der Waals surface area contributed by atoms with Crippen molar-refractivity contribution in [3.63, 3.8) is 0 Å². The van der Waals surface area contributed by atoms with Gasteiger partial charge in [0.25, 0.3) is 0 Å². The monoisotopic (exact) mass is 282 g/mol. The van der Waals surface area contributed by atoms with Gasteiger partial charge >= 0.3 is 0 Å². The van der Waals surface area contributed by atoms with E-state index in [1.54, 1.807) is 0 Å². The highest BCUT2D eigenvalue weighted by Crippen LogP contribution is 2.47. The van der Waals surface area contributed by atoms with E-state index < -0.39 is 0 Å². The molecule has 1 aliphatic carbocycles. The summed E-state index contributed by atoms with van der Waals surface area (Å²) in [5.74, 6) is 1.43. The average Bonchev–Trinajstić information content (AvgIpc) is 2.36. The second-order valence-electron chi connectivity index (χ2n) is 8.27. The maximum atomic E-state index is 6.29. The lowest BCUT2D eigenvalue weighted by Crippen LogP contribution is -2.63. The number of rotatable bonds is 3. The smallest absolute Gasteiger partial charge is 0.0724 e. The predicted molar refractivity (Wildman–Crippen MR) is 84.7 cm³/mol. The number of likely N-dealkylation sites (tertiary alicyclic amines) is 1. The van der Waals surface area contributed by atoms with Crippen molar-refractivity contribution in [2.75, 3.05) is 26.7 Å². The van der Waals surface area contributed by atoms with Crippen LogP contribution >= 0.6 is 0 Å². The molecule has 20 heavy (non-hydrogen) atoms. The molecule has 2 N–H and O–H groups in total. The molecule has 0 spiro atoms. The molecular formula is C17H34N2O. The Bertz CT molecular complexity index is 331. The maximum absolute atomic E-state index is 6.29. The van der Waals surface area contributed by atoms with Gasteiger partial charge in [0, 0.05) is 25.7 Å². The van der Waals surface area contributed by atoms with Crippen LogP contribution in [0.15, 0.2) is 0 Å². The summed E-state index contributed by atoms with van der Waals surface area (Å²) < 4.78 is 5.71. The topological polar surface area (TPSA) is 38.5 Å². The fraction of sp³-hybridized carbons (Fsp3) is 1.00. The summed E-state index contributed by atoms with van der Waals surface area (Å²) >= 11 is 0. The lowest BCUT2D eigenvalue weighted by Gasteiger charge is -2.55. The molecule has 4 unspecified atom stereocenters. The number of nitrogens with zero attached hydrogens (tertiary/aromatic N) is 1. The number of hydrogen-bond acceptors (Lipinski definition) is 3. The predicted octanol–water partition coefficient (Wildman–Crippen LogP) is 2.89.